The van der Waals surface area contributed by atoms with Gasteiger partial charge < -0.3 is 4.90 Å². The number of nitrogens with zero attached hydrogens (tertiary/aromatic N) is 2. The Hall–Kier alpha value is -4.09. The Morgan fingerprint density at radius 3 is 1.87 bits per heavy atom. The summed E-state index contributed by atoms with van der Waals surface area (Å²) in [4.78, 5) is 2.32. The SMILES string of the molecule is Cc1cc(C#N)ccc1-c1ccc(N2c3ccccc3C=Cc3ccccc32)cc1. The molecule has 0 saturated heterocycles. The minimum Gasteiger partial charge on any atom is -0.309 e. The first-order chi connectivity index (χ1) is 14.7. The van der Waals surface area contributed by atoms with Crippen molar-refractivity contribution in [1.82, 2.24) is 0 Å². The zero-order valence-corrected chi connectivity index (χ0v) is 16.7. The van der Waals surface area contributed by atoms with Gasteiger partial charge in [0.15, 0.2) is 0 Å². The second-order valence-electron chi connectivity index (χ2n) is 7.47. The Balaban J connectivity index is 1.61. The van der Waals surface area contributed by atoms with Crippen LogP contribution in [0.4, 0.5) is 17.1 Å². The van der Waals surface area contributed by atoms with E-state index < -0.39 is 0 Å². The van der Waals surface area contributed by atoms with E-state index in [2.05, 4.69) is 103 Å². The molecule has 0 spiro atoms. The minimum atomic E-state index is 0.693. The molecule has 0 amide bonds. The molecule has 0 aliphatic carbocycles. The van der Waals surface area contributed by atoms with Gasteiger partial charge in [0.25, 0.3) is 0 Å². The van der Waals surface area contributed by atoms with Crippen molar-refractivity contribution in [3.8, 4) is 17.2 Å². The van der Waals surface area contributed by atoms with Crippen molar-refractivity contribution in [2.24, 2.45) is 0 Å². The van der Waals surface area contributed by atoms with Crippen molar-refractivity contribution in [2.75, 3.05) is 4.90 Å². The van der Waals surface area contributed by atoms with E-state index in [-0.39, 0.29) is 0 Å². The molecule has 30 heavy (non-hydrogen) atoms. The Morgan fingerprint density at radius 2 is 1.30 bits per heavy atom. The standard InChI is InChI=1S/C28H20N2/c1-20-18-21(19-29)10-17-26(20)22-13-15-25(16-14-22)30-27-8-4-2-6-23(27)11-12-24-7-3-5-9-28(24)30/h2-18H,1H3. The van der Waals surface area contributed by atoms with Crippen molar-refractivity contribution < 1.29 is 0 Å². The van der Waals surface area contributed by atoms with Crippen LogP contribution < -0.4 is 4.90 Å². The van der Waals surface area contributed by atoms with Gasteiger partial charge in [-0.3, -0.25) is 0 Å². The normalized spacial score (nSPS) is 11.9. The summed E-state index contributed by atoms with van der Waals surface area (Å²) < 4.78 is 0. The topological polar surface area (TPSA) is 27.0 Å². The smallest absolute Gasteiger partial charge is 0.0991 e. The fourth-order valence-corrected chi connectivity index (χ4v) is 4.10. The highest BCUT2D eigenvalue weighted by Gasteiger charge is 2.19. The number of anilines is 3. The number of hydrogen-bond donors (Lipinski definition) is 0. The summed E-state index contributed by atoms with van der Waals surface area (Å²) in [7, 11) is 0. The van der Waals surface area contributed by atoms with Gasteiger partial charge in [-0.25, -0.2) is 0 Å². The largest absolute Gasteiger partial charge is 0.309 e. The Bertz CT molecular complexity index is 1260. The minimum absolute atomic E-state index is 0.693. The van der Waals surface area contributed by atoms with E-state index in [1.165, 1.54) is 22.5 Å². The number of benzene rings is 4. The summed E-state index contributed by atoms with van der Waals surface area (Å²) in [6.45, 7) is 2.05. The first kappa shape index (κ1) is 18.0. The van der Waals surface area contributed by atoms with Gasteiger partial charge in [-0.15, -0.1) is 0 Å². The van der Waals surface area contributed by atoms with Crippen LogP contribution >= 0.6 is 0 Å². The third kappa shape index (κ3) is 3.07. The summed E-state index contributed by atoms with van der Waals surface area (Å²) >= 11 is 0. The molecule has 0 aromatic heterocycles. The van der Waals surface area contributed by atoms with Gasteiger partial charge in [0, 0.05) is 5.69 Å². The molecule has 1 aliphatic heterocycles. The number of rotatable bonds is 2. The number of nitriles is 1. The van der Waals surface area contributed by atoms with Crippen LogP contribution in [0.25, 0.3) is 23.3 Å². The zero-order chi connectivity index (χ0) is 20.5. The summed E-state index contributed by atoms with van der Waals surface area (Å²) in [5.41, 5.74) is 9.95. The maximum atomic E-state index is 9.13. The molecule has 1 aliphatic rings. The third-order valence-corrected chi connectivity index (χ3v) is 5.59. The zero-order valence-electron chi connectivity index (χ0n) is 16.7. The van der Waals surface area contributed by atoms with E-state index in [0.717, 1.165) is 22.4 Å². The Morgan fingerprint density at radius 1 is 0.700 bits per heavy atom. The van der Waals surface area contributed by atoms with Crippen LogP contribution in [0.3, 0.4) is 0 Å². The molecule has 0 fully saturated rings. The highest BCUT2D eigenvalue weighted by molar-refractivity contribution is 5.93. The molecular weight excluding hydrogens is 364 g/mol. The average molecular weight is 384 g/mol. The third-order valence-electron chi connectivity index (χ3n) is 5.59. The average Bonchev–Trinajstić information content (AvgIpc) is 2.96. The molecule has 4 aromatic carbocycles. The molecule has 0 N–H and O–H groups in total. The van der Waals surface area contributed by atoms with E-state index in [9.17, 15) is 0 Å². The molecular formula is C28H20N2. The van der Waals surface area contributed by atoms with Crippen LogP contribution in [0, 0.1) is 18.3 Å². The van der Waals surface area contributed by atoms with E-state index in [4.69, 9.17) is 5.26 Å². The summed E-state index contributed by atoms with van der Waals surface area (Å²) in [5.74, 6) is 0. The number of para-hydroxylation sites is 2. The van der Waals surface area contributed by atoms with Gasteiger partial charge in [-0.05, 0) is 71.1 Å². The fraction of sp³-hybridized carbons (Fsp3) is 0.0357. The highest BCUT2D eigenvalue weighted by atomic mass is 15.1. The van der Waals surface area contributed by atoms with E-state index in [1.807, 2.05) is 18.2 Å². The fourth-order valence-electron chi connectivity index (χ4n) is 4.10. The van der Waals surface area contributed by atoms with Gasteiger partial charge in [0.05, 0.1) is 23.0 Å². The highest BCUT2D eigenvalue weighted by Crippen LogP contribution is 2.42. The predicted octanol–water partition coefficient (Wildman–Crippen LogP) is 7.49. The van der Waals surface area contributed by atoms with Gasteiger partial charge in [-0.1, -0.05) is 66.7 Å². The molecule has 2 nitrogen and oxygen atoms in total. The van der Waals surface area contributed by atoms with Crippen LogP contribution in [0.2, 0.25) is 0 Å². The van der Waals surface area contributed by atoms with Crippen LogP contribution in [0.15, 0.2) is 91.0 Å². The number of fused-ring (bicyclic) bond motifs is 2. The molecule has 0 unspecified atom stereocenters. The summed E-state index contributed by atoms with van der Waals surface area (Å²) in [5, 5.41) is 9.13. The molecule has 2 heteroatoms. The van der Waals surface area contributed by atoms with Crippen molar-refractivity contribution in [3.05, 3.63) is 113 Å². The quantitative estimate of drug-likeness (QED) is 0.315. The maximum absolute atomic E-state index is 9.13. The van der Waals surface area contributed by atoms with Crippen LogP contribution in [-0.2, 0) is 0 Å². The second-order valence-corrected chi connectivity index (χ2v) is 7.47. The molecule has 142 valence electrons. The lowest BCUT2D eigenvalue weighted by Crippen LogP contribution is -2.11. The molecule has 0 saturated carbocycles. The lowest BCUT2D eigenvalue weighted by Gasteiger charge is -2.27. The molecule has 0 radical (unpaired) electrons. The van der Waals surface area contributed by atoms with Crippen molar-refractivity contribution in [3.63, 3.8) is 0 Å². The van der Waals surface area contributed by atoms with Crippen LogP contribution in [0.5, 0.6) is 0 Å². The number of aryl methyl sites for hydroxylation is 1. The first-order valence-electron chi connectivity index (χ1n) is 10.0. The summed E-state index contributed by atoms with van der Waals surface area (Å²) in [6.07, 6.45) is 4.37. The molecule has 5 rings (SSSR count). The summed E-state index contributed by atoms with van der Waals surface area (Å²) in [6, 6.07) is 33.7. The number of hydrogen-bond acceptors (Lipinski definition) is 2. The predicted molar refractivity (Wildman–Crippen MR) is 125 cm³/mol. The second kappa shape index (κ2) is 7.39. The first-order valence-corrected chi connectivity index (χ1v) is 10.0. The van der Waals surface area contributed by atoms with Crippen molar-refractivity contribution in [2.45, 2.75) is 6.92 Å². The van der Waals surface area contributed by atoms with Crippen LogP contribution in [-0.4, -0.2) is 0 Å². The molecule has 0 bridgehead atoms. The van der Waals surface area contributed by atoms with Gasteiger partial charge in [0.2, 0.25) is 0 Å². The van der Waals surface area contributed by atoms with Crippen molar-refractivity contribution >= 4 is 29.2 Å². The van der Waals surface area contributed by atoms with Gasteiger partial charge in [-0.2, -0.15) is 5.26 Å². The monoisotopic (exact) mass is 384 g/mol. The Kier molecular flexibility index (Phi) is 4.42. The van der Waals surface area contributed by atoms with Gasteiger partial charge in [0.1, 0.15) is 0 Å². The lowest BCUT2D eigenvalue weighted by molar-refractivity contribution is 1.28. The van der Waals surface area contributed by atoms with E-state index in [1.54, 1.807) is 0 Å². The van der Waals surface area contributed by atoms with E-state index >= 15 is 0 Å². The molecule has 1 heterocycles. The molecule has 0 atom stereocenters. The van der Waals surface area contributed by atoms with E-state index in [0.29, 0.717) is 5.56 Å². The lowest BCUT2D eigenvalue weighted by atomic mass is 9.98. The van der Waals surface area contributed by atoms with Crippen molar-refractivity contribution in [1.29, 1.82) is 5.26 Å². The van der Waals surface area contributed by atoms with Crippen LogP contribution in [0.1, 0.15) is 22.3 Å². The molecule has 4 aromatic rings. The Labute approximate surface area is 177 Å². The van der Waals surface area contributed by atoms with Gasteiger partial charge >= 0.3 is 0 Å². The maximum Gasteiger partial charge on any atom is 0.0991 e.